The van der Waals surface area contributed by atoms with Crippen molar-refractivity contribution in [1.29, 1.82) is 0 Å². The summed E-state index contributed by atoms with van der Waals surface area (Å²) in [6, 6.07) is 5.45. The maximum Gasteiger partial charge on any atom is 0.231 e. The number of hydrogen-bond acceptors (Lipinski definition) is 6. The average molecular weight is 287 g/mol. The first kappa shape index (κ1) is 13.5. The van der Waals surface area contributed by atoms with Gasteiger partial charge in [0.25, 0.3) is 0 Å². The summed E-state index contributed by atoms with van der Waals surface area (Å²) in [4.78, 5) is 8.42. The maximum atomic E-state index is 5.83. The number of hydrogen-bond donors (Lipinski definition) is 1. The fourth-order valence-electron chi connectivity index (χ4n) is 2.01. The monoisotopic (exact) mass is 287 g/mol. The van der Waals surface area contributed by atoms with Crippen molar-refractivity contribution in [3.63, 3.8) is 0 Å². The molecule has 0 saturated carbocycles. The molecule has 1 aliphatic rings. The van der Waals surface area contributed by atoms with E-state index in [4.69, 9.17) is 14.2 Å². The normalized spacial score (nSPS) is 12.3. The smallest absolute Gasteiger partial charge is 0.231 e. The van der Waals surface area contributed by atoms with E-state index in [1.165, 1.54) is 6.33 Å². The van der Waals surface area contributed by atoms with Crippen molar-refractivity contribution in [2.24, 2.45) is 0 Å². The van der Waals surface area contributed by atoms with Gasteiger partial charge in [-0.2, -0.15) is 0 Å². The zero-order valence-electron chi connectivity index (χ0n) is 12.0. The van der Waals surface area contributed by atoms with Crippen molar-refractivity contribution >= 4 is 5.82 Å². The Balaban J connectivity index is 1.81. The second-order valence-corrected chi connectivity index (χ2v) is 4.70. The molecule has 2 heterocycles. The zero-order valence-corrected chi connectivity index (χ0v) is 12.0. The third-order valence-electron chi connectivity index (χ3n) is 3.14. The molecule has 0 unspecified atom stereocenters. The fraction of sp³-hybridized carbons (Fsp3) is 0.333. The molecule has 0 fully saturated rings. The van der Waals surface area contributed by atoms with Crippen LogP contribution in [-0.2, 0) is 0 Å². The van der Waals surface area contributed by atoms with E-state index >= 15 is 0 Å². The molecule has 6 heteroatoms. The molecule has 6 nitrogen and oxygen atoms in total. The molecule has 0 spiro atoms. The van der Waals surface area contributed by atoms with Gasteiger partial charge in [-0.25, -0.2) is 9.97 Å². The molecule has 1 N–H and O–H groups in total. The van der Waals surface area contributed by atoms with Crippen molar-refractivity contribution < 1.29 is 14.2 Å². The first-order valence-corrected chi connectivity index (χ1v) is 6.91. The Morgan fingerprint density at radius 1 is 1.24 bits per heavy atom. The number of anilines is 1. The lowest BCUT2D eigenvalue weighted by Gasteiger charge is -2.11. The van der Waals surface area contributed by atoms with Crippen molar-refractivity contribution in [3.8, 4) is 23.1 Å². The second kappa shape index (κ2) is 5.87. The van der Waals surface area contributed by atoms with Crippen molar-refractivity contribution in [2.75, 3.05) is 18.7 Å². The lowest BCUT2D eigenvalue weighted by Crippen LogP contribution is -2.05. The van der Waals surface area contributed by atoms with Crippen LogP contribution in [0.5, 0.6) is 23.1 Å². The third kappa shape index (κ3) is 2.84. The van der Waals surface area contributed by atoms with Gasteiger partial charge in [0.2, 0.25) is 12.7 Å². The highest BCUT2D eigenvalue weighted by Crippen LogP contribution is 2.37. The summed E-state index contributed by atoms with van der Waals surface area (Å²) in [6.07, 6.45) is 2.52. The molecule has 0 saturated heterocycles. The summed E-state index contributed by atoms with van der Waals surface area (Å²) in [5.41, 5.74) is 0.878. The molecule has 0 atom stereocenters. The van der Waals surface area contributed by atoms with Gasteiger partial charge in [-0.15, -0.1) is 0 Å². The van der Waals surface area contributed by atoms with Crippen LogP contribution in [0.4, 0.5) is 5.82 Å². The topological polar surface area (TPSA) is 65.5 Å². The number of fused-ring (bicyclic) bond motifs is 1. The molecule has 110 valence electrons. The molecule has 3 rings (SSSR count). The predicted octanol–water partition coefficient (Wildman–Crippen LogP) is 3.13. The minimum absolute atomic E-state index is 0.246. The lowest BCUT2D eigenvalue weighted by molar-refractivity contribution is 0.174. The van der Waals surface area contributed by atoms with Crippen LogP contribution < -0.4 is 19.5 Å². The van der Waals surface area contributed by atoms with Gasteiger partial charge in [-0.05, 0) is 25.5 Å². The van der Waals surface area contributed by atoms with Gasteiger partial charge in [0.15, 0.2) is 11.5 Å². The molecule has 0 aliphatic carbocycles. The largest absolute Gasteiger partial charge is 0.454 e. The summed E-state index contributed by atoms with van der Waals surface area (Å²) in [5, 5.41) is 3.25. The third-order valence-corrected chi connectivity index (χ3v) is 3.14. The van der Waals surface area contributed by atoms with Gasteiger partial charge in [-0.1, -0.05) is 6.92 Å². The molecule has 1 aromatic carbocycles. The molecular formula is C15H17N3O3. The van der Waals surface area contributed by atoms with Gasteiger partial charge in [0, 0.05) is 12.6 Å². The molecule has 21 heavy (non-hydrogen) atoms. The summed E-state index contributed by atoms with van der Waals surface area (Å²) in [6.45, 7) is 5.14. The van der Waals surface area contributed by atoms with Crippen LogP contribution in [-0.4, -0.2) is 23.3 Å². The van der Waals surface area contributed by atoms with Gasteiger partial charge in [0.1, 0.15) is 17.9 Å². The van der Waals surface area contributed by atoms with Crippen LogP contribution in [0.1, 0.15) is 18.9 Å². The van der Waals surface area contributed by atoms with E-state index in [2.05, 4.69) is 22.2 Å². The number of aromatic nitrogens is 2. The van der Waals surface area contributed by atoms with E-state index in [0.29, 0.717) is 17.4 Å². The van der Waals surface area contributed by atoms with E-state index in [1.807, 2.05) is 19.1 Å². The Morgan fingerprint density at radius 2 is 2.10 bits per heavy atom. The van der Waals surface area contributed by atoms with Crippen molar-refractivity contribution in [3.05, 3.63) is 30.1 Å². The van der Waals surface area contributed by atoms with Gasteiger partial charge < -0.3 is 19.5 Å². The molecular weight excluding hydrogens is 270 g/mol. The minimum Gasteiger partial charge on any atom is -0.454 e. The summed E-state index contributed by atoms with van der Waals surface area (Å²) < 4.78 is 16.4. The number of benzene rings is 1. The summed E-state index contributed by atoms with van der Waals surface area (Å²) >= 11 is 0. The van der Waals surface area contributed by atoms with Gasteiger partial charge in [0.05, 0.1) is 5.56 Å². The zero-order chi connectivity index (χ0) is 14.7. The molecule has 0 radical (unpaired) electrons. The number of rotatable bonds is 5. The van der Waals surface area contributed by atoms with Crippen molar-refractivity contribution in [1.82, 2.24) is 9.97 Å². The highest BCUT2D eigenvalue weighted by molar-refractivity contribution is 5.51. The first-order chi connectivity index (χ1) is 10.3. The van der Waals surface area contributed by atoms with Crippen LogP contribution in [0, 0.1) is 6.92 Å². The van der Waals surface area contributed by atoms with Crippen LogP contribution in [0.3, 0.4) is 0 Å². The lowest BCUT2D eigenvalue weighted by atomic mass is 10.3. The molecule has 0 bridgehead atoms. The average Bonchev–Trinajstić information content (AvgIpc) is 2.96. The van der Waals surface area contributed by atoms with E-state index in [0.717, 1.165) is 30.1 Å². The van der Waals surface area contributed by atoms with Gasteiger partial charge in [-0.3, -0.25) is 0 Å². The molecule has 1 aromatic heterocycles. The van der Waals surface area contributed by atoms with E-state index < -0.39 is 0 Å². The van der Waals surface area contributed by atoms with E-state index in [1.54, 1.807) is 6.07 Å². The Kier molecular flexibility index (Phi) is 3.77. The summed E-state index contributed by atoms with van der Waals surface area (Å²) in [7, 11) is 0. The quantitative estimate of drug-likeness (QED) is 0.911. The number of ether oxygens (including phenoxy) is 3. The predicted molar refractivity (Wildman–Crippen MR) is 78.2 cm³/mol. The standard InChI is InChI=1S/C15H17N3O3/c1-3-6-16-14-10(2)15(18-8-17-14)21-11-4-5-12-13(7-11)20-9-19-12/h4-5,7-8H,3,6,9H2,1-2H3,(H,16,17,18). The second-order valence-electron chi connectivity index (χ2n) is 4.70. The highest BCUT2D eigenvalue weighted by atomic mass is 16.7. The SMILES string of the molecule is CCCNc1ncnc(Oc2ccc3c(c2)OCO3)c1C. The highest BCUT2D eigenvalue weighted by Gasteiger charge is 2.15. The Bertz CT molecular complexity index is 646. The van der Waals surface area contributed by atoms with E-state index in [9.17, 15) is 0 Å². The van der Waals surface area contributed by atoms with Crippen LogP contribution >= 0.6 is 0 Å². The van der Waals surface area contributed by atoms with E-state index in [-0.39, 0.29) is 6.79 Å². The Labute approximate surface area is 123 Å². The summed E-state index contributed by atoms with van der Waals surface area (Å²) in [5.74, 6) is 3.39. The van der Waals surface area contributed by atoms with Crippen molar-refractivity contribution in [2.45, 2.75) is 20.3 Å². The Morgan fingerprint density at radius 3 is 2.95 bits per heavy atom. The first-order valence-electron chi connectivity index (χ1n) is 6.91. The van der Waals surface area contributed by atoms with Gasteiger partial charge >= 0.3 is 0 Å². The molecule has 2 aromatic rings. The van der Waals surface area contributed by atoms with Crippen LogP contribution in [0.15, 0.2) is 24.5 Å². The maximum absolute atomic E-state index is 5.83. The number of nitrogens with one attached hydrogen (secondary N) is 1. The van der Waals surface area contributed by atoms with Crippen LogP contribution in [0.25, 0.3) is 0 Å². The molecule has 1 aliphatic heterocycles. The fourth-order valence-corrected chi connectivity index (χ4v) is 2.01. The number of nitrogens with zero attached hydrogens (tertiary/aromatic N) is 2. The minimum atomic E-state index is 0.246. The Hall–Kier alpha value is -2.50. The van der Waals surface area contributed by atoms with Crippen LogP contribution in [0.2, 0.25) is 0 Å². The molecule has 0 amide bonds.